The molecule has 0 saturated carbocycles. The minimum Gasteiger partial charge on any atom is -0.487 e. The van der Waals surface area contributed by atoms with E-state index in [9.17, 15) is 0 Å². The molecule has 0 spiro atoms. The quantitative estimate of drug-likeness (QED) is 0.511. The molecule has 0 aliphatic rings. The standard InChI is InChI=1S/C20H28N2O/c1-2-3-7-13-22-14-12-17-10-11-20(19(21)15-17)23-16-18-8-5-4-6-9-18/h4-6,8-11,15,22H,2-3,7,12-14,16,21H2,1H3. The highest BCUT2D eigenvalue weighted by atomic mass is 16.5. The summed E-state index contributed by atoms with van der Waals surface area (Å²) in [5.74, 6) is 0.758. The molecule has 2 aromatic rings. The lowest BCUT2D eigenvalue weighted by atomic mass is 10.1. The number of nitrogen functional groups attached to an aromatic ring is 1. The van der Waals surface area contributed by atoms with Gasteiger partial charge in [0.25, 0.3) is 0 Å². The maximum atomic E-state index is 6.11. The molecule has 0 fully saturated rings. The Morgan fingerprint density at radius 1 is 0.957 bits per heavy atom. The van der Waals surface area contributed by atoms with Crippen molar-refractivity contribution in [2.24, 2.45) is 0 Å². The summed E-state index contributed by atoms with van der Waals surface area (Å²) in [5, 5.41) is 3.48. The first-order valence-corrected chi connectivity index (χ1v) is 8.55. The Labute approximate surface area is 139 Å². The summed E-state index contributed by atoms with van der Waals surface area (Å²) in [7, 11) is 0. The van der Waals surface area contributed by atoms with Crippen molar-refractivity contribution >= 4 is 5.69 Å². The second-order valence-corrected chi connectivity index (χ2v) is 5.85. The minimum atomic E-state index is 0.545. The lowest BCUT2D eigenvalue weighted by Crippen LogP contribution is -2.18. The zero-order valence-electron chi connectivity index (χ0n) is 14.1. The van der Waals surface area contributed by atoms with Crippen LogP contribution in [0.4, 0.5) is 5.69 Å². The predicted molar refractivity (Wildman–Crippen MR) is 97.7 cm³/mol. The Hall–Kier alpha value is -2.00. The Bertz CT molecular complexity index is 569. The van der Waals surface area contributed by atoms with Gasteiger partial charge in [-0.2, -0.15) is 0 Å². The van der Waals surface area contributed by atoms with Crippen molar-refractivity contribution in [2.75, 3.05) is 18.8 Å². The summed E-state index contributed by atoms with van der Waals surface area (Å²) in [6.07, 6.45) is 4.82. The van der Waals surface area contributed by atoms with Crippen LogP contribution < -0.4 is 15.8 Å². The van der Waals surface area contributed by atoms with E-state index in [0.717, 1.165) is 30.8 Å². The van der Waals surface area contributed by atoms with Gasteiger partial charge in [0.05, 0.1) is 5.69 Å². The van der Waals surface area contributed by atoms with Gasteiger partial charge in [-0.1, -0.05) is 56.2 Å². The first-order valence-electron chi connectivity index (χ1n) is 8.55. The van der Waals surface area contributed by atoms with Crippen LogP contribution in [0, 0.1) is 0 Å². The minimum absolute atomic E-state index is 0.545. The van der Waals surface area contributed by atoms with Crippen molar-refractivity contribution in [3.63, 3.8) is 0 Å². The van der Waals surface area contributed by atoms with E-state index in [2.05, 4.69) is 30.4 Å². The lowest BCUT2D eigenvalue weighted by Gasteiger charge is -2.11. The molecular formula is C20H28N2O. The monoisotopic (exact) mass is 312 g/mol. The Balaban J connectivity index is 1.76. The Morgan fingerprint density at radius 2 is 1.78 bits per heavy atom. The molecule has 2 rings (SSSR count). The highest BCUT2D eigenvalue weighted by molar-refractivity contribution is 5.54. The van der Waals surface area contributed by atoms with E-state index in [1.807, 2.05) is 30.3 Å². The lowest BCUT2D eigenvalue weighted by molar-refractivity contribution is 0.308. The molecule has 0 unspecified atom stereocenters. The molecule has 2 aromatic carbocycles. The van der Waals surface area contributed by atoms with Gasteiger partial charge in [-0.3, -0.25) is 0 Å². The maximum Gasteiger partial charge on any atom is 0.142 e. The molecule has 23 heavy (non-hydrogen) atoms. The van der Waals surface area contributed by atoms with E-state index in [1.54, 1.807) is 0 Å². The summed E-state index contributed by atoms with van der Waals surface area (Å²) >= 11 is 0. The number of anilines is 1. The van der Waals surface area contributed by atoms with Crippen LogP contribution in [0.15, 0.2) is 48.5 Å². The normalized spacial score (nSPS) is 10.7. The molecule has 0 heterocycles. The average molecular weight is 312 g/mol. The molecule has 3 N–H and O–H groups in total. The van der Waals surface area contributed by atoms with Crippen molar-refractivity contribution in [2.45, 2.75) is 39.2 Å². The van der Waals surface area contributed by atoms with Crippen LogP contribution in [0.1, 0.15) is 37.3 Å². The number of hydrogen-bond acceptors (Lipinski definition) is 3. The third-order valence-corrected chi connectivity index (χ3v) is 3.86. The molecular weight excluding hydrogens is 284 g/mol. The molecule has 0 amide bonds. The van der Waals surface area contributed by atoms with Crippen molar-refractivity contribution in [3.8, 4) is 5.75 Å². The number of benzene rings is 2. The van der Waals surface area contributed by atoms with Gasteiger partial charge in [-0.05, 0) is 49.2 Å². The van der Waals surface area contributed by atoms with E-state index in [1.165, 1.54) is 24.8 Å². The molecule has 0 aromatic heterocycles. The molecule has 0 saturated heterocycles. The van der Waals surface area contributed by atoms with Crippen molar-refractivity contribution in [1.29, 1.82) is 0 Å². The Morgan fingerprint density at radius 3 is 2.52 bits per heavy atom. The first-order chi connectivity index (χ1) is 11.3. The third kappa shape index (κ3) is 6.33. The van der Waals surface area contributed by atoms with Gasteiger partial charge in [-0.15, -0.1) is 0 Å². The number of hydrogen-bond donors (Lipinski definition) is 2. The van der Waals surface area contributed by atoms with Crippen LogP contribution in [0.2, 0.25) is 0 Å². The average Bonchev–Trinajstić information content (AvgIpc) is 2.58. The predicted octanol–water partition coefficient (Wildman–Crippen LogP) is 4.17. The molecule has 0 aliphatic heterocycles. The highest BCUT2D eigenvalue weighted by Gasteiger charge is 2.03. The zero-order valence-corrected chi connectivity index (χ0v) is 14.1. The highest BCUT2D eigenvalue weighted by Crippen LogP contribution is 2.23. The molecule has 0 bridgehead atoms. The second kappa shape index (κ2) is 9.90. The van der Waals surface area contributed by atoms with E-state index >= 15 is 0 Å². The van der Waals surface area contributed by atoms with Crippen molar-refractivity contribution in [1.82, 2.24) is 5.32 Å². The number of nitrogens with two attached hydrogens (primary N) is 1. The third-order valence-electron chi connectivity index (χ3n) is 3.86. The van der Waals surface area contributed by atoms with Gasteiger partial charge in [-0.25, -0.2) is 0 Å². The Kier molecular flexibility index (Phi) is 7.47. The van der Waals surface area contributed by atoms with E-state index in [0.29, 0.717) is 12.3 Å². The summed E-state index contributed by atoms with van der Waals surface area (Å²) in [6.45, 7) is 4.86. The SMILES string of the molecule is CCCCCNCCc1ccc(OCc2ccccc2)c(N)c1. The zero-order chi connectivity index (χ0) is 16.3. The van der Waals surface area contributed by atoms with Crippen LogP contribution in [-0.2, 0) is 13.0 Å². The number of nitrogens with one attached hydrogen (secondary N) is 1. The van der Waals surface area contributed by atoms with Gasteiger partial charge >= 0.3 is 0 Å². The molecule has 0 aliphatic carbocycles. The van der Waals surface area contributed by atoms with Crippen LogP contribution in [-0.4, -0.2) is 13.1 Å². The molecule has 3 nitrogen and oxygen atoms in total. The number of unbranched alkanes of at least 4 members (excludes halogenated alkanes) is 2. The van der Waals surface area contributed by atoms with E-state index < -0.39 is 0 Å². The molecule has 0 radical (unpaired) electrons. The summed E-state index contributed by atoms with van der Waals surface area (Å²) in [6, 6.07) is 16.2. The maximum absolute atomic E-state index is 6.11. The van der Waals surface area contributed by atoms with Crippen LogP contribution in [0.25, 0.3) is 0 Å². The molecule has 124 valence electrons. The summed E-state index contributed by atoms with van der Waals surface area (Å²) < 4.78 is 5.81. The fourth-order valence-corrected chi connectivity index (χ4v) is 2.48. The second-order valence-electron chi connectivity index (χ2n) is 5.85. The van der Waals surface area contributed by atoms with Crippen LogP contribution in [0.5, 0.6) is 5.75 Å². The van der Waals surface area contributed by atoms with Gasteiger partial charge in [0.15, 0.2) is 0 Å². The molecule has 3 heteroatoms. The number of ether oxygens (including phenoxy) is 1. The summed E-state index contributed by atoms with van der Waals surface area (Å²) in [5.41, 5.74) is 9.22. The molecule has 0 atom stereocenters. The first kappa shape index (κ1) is 17.4. The van der Waals surface area contributed by atoms with Gasteiger partial charge < -0.3 is 15.8 Å². The van der Waals surface area contributed by atoms with Crippen LogP contribution in [0.3, 0.4) is 0 Å². The largest absolute Gasteiger partial charge is 0.487 e. The fraction of sp³-hybridized carbons (Fsp3) is 0.400. The van der Waals surface area contributed by atoms with Crippen LogP contribution >= 0.6 is 0 Å². The van der Waals surface area contributed by atoms with E-state index in [-0.39, 0.29) is 0 Å². The fourth-order valence-electron chi connectivity index (χ4n) is 2.48. The van der Waals surface area contributed by atoms with Gasteiger partial charge in [0.1, 0.15) is 12.4 Å². The topological polar surface area (TPSA) is 47.3 Å². The number of rotatable bonds is 10. The van der Waals surface area contributed by atoms with Gasteiger partial charge in [0, 0.05) is 0 Å². The van der Waals surface area contributed by atoms with Crippen molar-refractivity contribution in [3.05, 3.63) is 59.7 Å². The van der Waals surface area contributed by atoms with Crippen molar-refractivity contribution < 1.29 is 4.74 Å². The summed E-state index contributed by atoms with van der Waals surface area (Å²) in [4.78, 5) is 0. The van der Waals surface area contributed by atoms with Gasteiger partial charge in [0.2, 0.25) is 0 Å². The van der Waals surface area contributed by atoms with E-state index in [4.69, 9.17) is 10.5 Å². The smallest absolute Gasteiger partial charge is 0.142 e.